The second-order valence-electron chi connectivity index (χ2n) is 8.28. The number of benzene rings is 3. The molecule has 0 unspecified atom stereocenters. The maximum absolute atomic E-state index is 13.5. The van der Waals surface area contributed by atoms with Gasteiger partial charge in [-0.15, -0.1) is 0 Å². The zero-order valence-corrected chi connectivity index (χ0v) is 20.0. The van der Waals surface area contributed by atoms with E-state index < -0.39 is 0 Å². The summed E-state index contributed by atoms with van der Waals surface area (Å²) < 4.78 is 5.25. The number of aryl methyl sites for hydroxylation is 1. The van der Waals surface area contributed by atoms with Gasteiger partial charge in [0, 0.05) is 10.5 Å². The molecule has 1 aliphatic rings. The van der Waals surface area contributed by atoms with Crippen molar-refractivity contribution in [1.82, 2.24) is 5.32 Å². The lowest BCUT2D eigenvalue weighted by Crippen LogP contribution is -2.33. The van der Waals surface area contributed by atoms with Crippen LogP contribution in [0.1, 0.15) is 32.8 Å². The summed E-state index contributed by atoms with van der Waals surface area (Å²) in [6.45, 7) is 2.90. The molecule has 1 N–H and O–H groups in total. The molecule has 5 rings (SSSR count). The number of carbonyl (C=O) groups is 2. The third kappa shape index (κ3) is 5.08. The van der Waals surface area contributed by atoms with Gasteiger partial charge < -0.3 is 14.6 Å². The van der Waals surface area contributed by atoms with Crippen LogP contribution in [0.15, 0.2) is 105 Å². The predicted molar refractivity (Wildman–Crippen MR) is 139 cm³/mol. The van der Waals surface area contributed by atoms with E-state index in [-0.39, 0.29) is 11.8 Å². The van der Waals surface area contributed by atoms with Crippen LogP contribution >= 0.6 is 11.8 Å². The van der Waals surface area contributed by atoms with Crippen LogP contribution in [0.4, 0.5) is 5.69 Å². The smallest absolute Gasteiger partial charge is 0.265 e. The molecule has 2 heterocycles. The largest absolute Gasteiger partial charge is 0.467 e. The first-order valence-electron chi connectivity index (χ1n) is 11.3. The number of carbonyl (C=O) groups excluding carboxylic acids is 2. The van der Waals surface area contributed by atoms with E-state index in [0.717, 1.165) is 27.3 Å². The number of fused-ring (bicyclic) bond motifs is 1. The second-order valence-corrected chi connectivity index (χ2v) is 9.36. The Bertz CT molecular complexity index is 1390. The molecular weight excluding hydrogens is 456 g/mol. The van der Waals surface area contributed by atoms with Crippen LogP contribution in [0, 0.1) is 6.92 Å². The highest BCUT2D eigenvalue weighted by Gasteiger charge is 2.29. The molecule has 0 radical (unpaired) electrons. The molecule has 35 heavy (non-hydrogen) atoms. The third-order valence-corrected chi connectivity index (χ3v) is 6.97. The molecule has 0 aliphatic carbocycles. The molecule has 3 aromatic carbocycles. The highest BCUT2D eigenvalue weighted by atomic mass is 32.2. The van der Waals surface area contributed by atoms with E-state index in [2.05, 4.69) is 24.4 Å². The first-order valence-corrected chi connectivity index (χ1v) is 12.2. The second kappa shape index (κ2) is 10.1. The lowest BCUT2D eigenvalue weighted by Gasteiger charge is -2.31. The Hall–Kier alpha value is -4.03. The van der Waals surface area contributed by atoms with Crippen molar-refractivity contribution in [1.29, 1.82) is 0 Å². The molecule has 1 aliphatic heterocycles. The molecule has 0 spiro atoms. The topological polar surface area (TPSA) is 62.6 Å². The number of nitrogens with one attached hydrogen (secondary N) is 1. The van der Waals surface area contributed by atoms with Gasteiger partial charge in [-0.1, -0.05) is 60.3 Å². The van der Waals surface area contributed by atoms with Crippen LogP contribution < -0.4 is 10.2 Å². The number of para-hydroxylation sites is 1. The molecule has 174 valence electrons. The van der Waals surface area contributed by atoms with E-state index in [1.54, 1.807) is 24.5 Å². The number of rotatable bonds is 6. The summed E-state index contributed by atoms with van der Waals surface area (Å²) in [7, 11) is 0. The molecule has 1 aromatic heterocycles. The van der Waals surface area contributed by atoms with Gasteiger partial charge >= 0.3 is 0 Å². The first kappa shape index (κ1) is 22.7. The highest BCUT2D eigenvalue weighted by molar-refractivity contribution is 8.04. The first-order chi connectivity index (χ1) is 17.1. The summed E-state index contributed by atoms with van der Waals surface area (Å²) in [4.78, 5) is 29.5. The number of furan rings is 1. The normalized spacial score (nSPS) is 14.1. The van der Waals surface area contributed by atoms with E-state index in [4.69, 9.17) is 4.42 Å². The van der Waals surface area contributed by atoms with Gasteiger partial charge in [-0.05, 0) is 66.1 Å². The van der Waals surface area contributed by atoms with Crippen molar-refractivity contribution in [2.24, 2.45) is 0 Å². The average Bonchev–Trinajstić information content (AvgIpc) is 3.40. The fourth-order valence-corrected chi connectivity index (χ4v) is 5.00. The lowest BCUT2D eigenvalue weighted by molar-refractivity contribution is -0.114. The Morgan fingerprint density at radius 2 is 1.74 bits per heavy atom. The summed E-state index contributed by atoms with van der Waals surface area (Å²) >= 11 is 1.48. The average molecular weight is 481 g/mol. The van der Waals surface area contributed by atoms with Gasteiger partial charge in [-0.3, -0.25) is 9.59 Å². The minimum Gasteiger partial charge on any atom is -0.467 e. The fraction of sp³-hybridized carbons (Fsp3) is 0.103. The molecule has 5 nitrogen and oxygen atoms in total. The molecule has 0 fully saturated rings. The maximum Gasteiger partial charge on any atom is 0.265 e. The van der Waals surface area contributed by atoms with Crippen LogP contribution in [0.2, 0.25) is 0 Å². The standard InChI is InChI=1S/C29H24N2O3S/c1-20-7-2-3-8-23(20)19-31-25-10-4-5-11-26(25)35-27(29(31)33)17-21-12-14-22(15-13-21)28(32)30-18-24-9-6-16-34-24/h2-17H,18-19H2,1H3,(H,30,32)/b27-17+. The number of nitrogens with zero attached hydrogens (tertiary/aromatic N) is 1. The van der Waals surface area contributed by atoms with Crippen molar-refractivity contribution in [3.8, 4) is 0 Å². The van der Waals surface area contributed by atoms with Crippen molar-refractivity contribution in [2.45, 2.75) is 24.9 Å². The van der Waals surface area contributed by atoms with Gasteiger partial charge in [0.2, 0.25) is 0 Å². The van der Waals surface area contributed by atoms with Crippen molar-refractivity contribution >= 4 is 35.3 Å². The Morgan fingerprint density at radius 3 is 2.51 bits per heavy atom. The van der Waals surface area contributed by atoms with E-state index in [0.29, 0.717) is 29.3 Å². The number of thioether (sulfide) groups is 1. The van der Waals surface area contributed by atoms with Gasteiger partial charge in [0.1, 0.15) is 5.76 Å². The zero-order chi connectivity index (χ0) is 24.2. The van der Waals surface area contributed by atoms with E-state index in [1.165, 1.54) is 11.8 Å². The van der Waals surface area contributed by atoms with Crippen molar-refractivity contribution in [3.05, 3.63) is 124 Å². The molecule has 4 aromatic rings. The maximum atomic E-state index is 13.5. The molecule has 6 heteroatoms. The summed E-state index contributed by atoms with van der Waals surface area (Å²) in [6.07, 6.45) is 3.47. The lowest BCUT2D eigenvalue weighted by atomic mass is 10.1. The predicted octanol–water partition coefficient (Wildman–Crippen LogP) is 6.20. The number of amides is 2. The van der Waals surface area contributed by atoms with Crippen LogP contribution in [-0.2, 0) is 17.9 Å². The highest BCUT2D eigenvalue weighted by Crippen LogP contribution is 2.42. The molecule has 0 bridgehead atoms. The monoisotopic (exact) mass is 480 g/mol. The van der Waals surface area contributed by atoms with Crippen molar-refractivity contribution < 1.29 is 14.0 Å². The van der Waals surface area contributed by atoms with Crippen molar-refractivity contribution in [2.75, 3.05) is 4.90 Å². The summed E-state index contributed by atoms with van der Waals surface area (Å²) in [5, 5.41) is 2.84. The van der Waals surface area contributed by atoms with Crippen LogP contribution in [0.25, 0.3) is 6.08 Å². The van der Waals surface area contributed by atoms with Gasteiger partial charge in [0.05, 0.1) is 29.9 Å². The third-order valence-electron chi connectivity index (χ3n) is 5.90. The number of hydrogen-bond donors (Lipinski definition) is 1. The van der Waals surface area contributed by atoms with Gasteiger partial charge in [-0.2, -0.15) is 0 Å². The Morgan fingerprint density at radius 1 is 0.971 bits per heavy atom. The summed E-state index contributed by atoms with van der Waals surface area (Å²) in [6, 6.07) is 27.0. The van der Waals surface area contributed by atoms with Crippen molar-refractivity contribution in [3.63, 3.8) is 0 Å². The number of anilines is 1. The zero-order valence-electron chi connectivity index (χ0n) is 19.2. The molecule has 0 saturated heterocycles. The Kier molecular flexibility index (Phi) is 6.55. The molecular formula is C29H24N2O3S. The molecule has 0 atom stereocenters. The van der Waals surface area contributed by atoms with Gasteiger partial charge in [0.25, 0.3) is 11.8 Å². The summed E-state index contributed by atoms with van der Waals surface area (Å²) in [5.74, 6) is 0.488. The van der Waals surface area contributed by atoms with Gasteiger partial charge in [-0.25, -0.2) is 0 Å². The van der Waals surface area contributed by atoms with Crippen LogP contribution in [0.3, 0.4) is 0 Å². The van der Waals surface area contributed by atoms with Crippen LogP contribution in [0.5, 0.6) is 0 Å². The van der Waals surface area contributed by atoms with Gasteiger partial charge in [0.15, 0.2) is 0 Å². The Balaban J connectivity index is 1.36. The minimum absolute atomic E-state index is 0.0304. The molecule has 0 saturated carbocycles. The number of hydrogen-bond acceptors (Lipinski definition) is 4. The summed E-state index contributed by atoms with van der Waals surface area (Å²) in [5.41, 5.74) is 4.60. The quantitative estimate of drug-likeness (QED) is 0.334. The van der Waals surface area contributed by atoms with E-state index >= 15 is 0 Å². The SMILES string of the molecule is Cc1ccccc1CN1C(=O)/C(=C\c2ccc(C(=O)NCc3ccco3)cc2)Sc2ccccc21. The fourth-order valence-electron chi connectivity index (χ4n) is 3.94. The molecule has 2 amide bonds. The van der Waals surface area contributed by atoms with E-state index in [1.807, 2.05) is 65.6 Å². The van der Waals surface area contributed by atoms with Crippen LogP contribution in [-0.4, -0.2) is 11.8 Å². The minimum atomic E-state index is -0.179. The Labute approximate surface area is 208 Å². The van der Waals surface area contributed by atoms with E-state index in [9.17, 15) is 9.59 Å².